The Labute approximate surface area is 347 Å². The summed E-state index contributed by atoms with van der Waals surface area (Å²) < 4.78 is 22.0. The van der Waals surface area contributed by atoms with E-state index in [0.717, 1.165) is 101 Å². The van der Waals surface area contributed by atoms with Crippen molar-refractivity contribution < 1.29 is 38.1 Å². The zero-order valence-electron chi connectivity index (χ0n) is 35.0. The molecule has 4 aliphatic rings. The van der Waals surface area contributed by atoms with E-state index < -0.39 is 0 Å². The average Bonchev–Trinajstić information content (AvgIpc) is 3.26. The Morgan fingerprint density at radius 1 is 0.534 bits per heavy atom. The lowest BCUT2D eigenvalue weighted by Crippen LogP contribution is -2.27. The van der Waals surface area contributed by atoms with E-state index >= 15 is 0 Å². The molecule has 0 unspecified atom stereocenters. The van der Waals surface area contributed by atoms with Crippen LogP contribution >= 0.6 is 0 Å². The number of benzene rings is 1. The van der Waals surface area contributed by atoms with Crippen molar-refractivity contribution in [2.24, 2.45) is 47.3 Å². The molecule has 0 saturated heterocycles. The molecule has 0 spiro atoms. The molecule has 4 fully saturated rings. The molecule has 0 aliphatic heterocycles. The summed E-state index contributed by atoms with van der Waals surface area (Å²) in [4.78, 5) is 49.3. The van der Waals surface area contributed by atoms with Gasteiger partial charge < -0.3 is 18.9 Å². The number of carbonyl (C=O) groups excluding carboxylic acids is 4. The van der Waals surface area contributed by atoms with Crippen LogP contribution in [-0.4, -0.2) is 37.1 Å². The number of hydrogen-bond acceptors (Lipinski definition) is 9. The number of carbonyl (C=O) groups is 4. The molecule has 318 valence electrons. The van der Waals surface area contributed by atoms with Crippen LogP contribution in [-0.2, 0) is 28.7 Å². The summed E-state index contributed by atoms with van der Waals surface area (Å²) in [7, 11) is 0. The van der Waals surface area contributed by atoms with Crippen molar-refractivity contribution in [2.75, 3.05) is 13.2 Å². The summed E-state index contributed by atoms with van der Waals surface area (Å²) in [5, 5.41) is 9.57. The Morgan fingerprint density at radius 3 is 1.24 bits per heavy atom. The van der Waals surface area contributed by atoms with Gasteiger partial charge in [0.2, 0.25) is 0 Å². The minimum atomic E-state index is -0.340. The lowest BCUT2D eigenvalue weighted by molar-refractivity contribution is -0.143. The lowest BCUT2D eigenvalue weighted by Gasteiger charge is -2.31. The average molecular weight is 800 g/mol. The van der Waals surface area contributed by atoms with Gasteiger partial charge in [0, 0.05) is 18.2 Å². The van der Waals surface area contributed by atoms with Crippen LogP contribution < -0.4 is 9.47 Å². The Balaban J connectivity index is 0.963. The molecular formula is C49H69NO8. The van der Waals surface area contributed by atoms with E-state index in [0.29, 0.717) is 30.6 Å². The Kier molecular flexibility index (Phi) is 18.9. The van der Waals surface area contributed by atoms with Crippen LogP contribution in [0.4, 0.5) is 0 Å². The fourth-order valence-electron chi connectivity index (χ4n) is 10.3. The largest absolute Gasteiger partial charge is 0.463 e. The van der Waals surface area contributed by atoms with Gasteiger partial charge in [-0.2, -0.15) is 5.26 Å². The van der Waals surface area contributed by atoms with Gasteiger partial charge >= 0.3 is 23.9 Å². The smallest absolute Gasteiger partial charge is 0.330 e. The molecule has 9 heteroatoms. The first-order chi connectivity index (χ1) is 28.2. The summed E-state index contributed by atoms with van der Waals surface area (Å²) in [6.07, 6.45) is 28.9. The van der Waals surface area contributed by atoms with Gasteiger partial charge in [0.1, 0.15) is 0 Å². The van der Waals surface area contributed by atoms with Crippen LogP contribution in [0.25, 0.3) is 0 Å². The van der Waals surface area contributed by atoms with Gasteiger partial charge in [-0.1, -0.05) is 90.2 Å². The number of hydrogen-bond donors (Lipinski definition) is 0. The molecule has 0 bridgehead atoms. The molecule has 58 heavy (non-hydrogen) atoms. The molecule has 4 saturated carbocycles. The highest BCUT2D eigenvalue weighted by Crippen LogP contribution is 2.41. The van der Waals surface area contributed by atoms with E-state index in [2.05, 4.69) is 19.2 Å². The number of esters is 4. The van der Waals surface area contributed by atoms with Crippen molar-refractivity contribution in [2.45, 2.75) is 154 Å². The third kappa shape index (κ3) is 15.0. The van der Waals surface area contributed by atoms with Crippen molar-refractivity contribution in [1.82, 2.24) is 0 Å². The van der Waals surface area contributed by atoms with Crippen LogP contribution in [0.1, 0.15) is 160 Å². The second-order valence-electron chi connectivity index (χ2n) is 18.0. The van der Waals surface area contributed by atoms with Gasteiger partial charge in [0.05, 0.1) is 36.7 Å². The van der Waals surface area contributed by atoms with Gasteiger partial charge in [-0.3, -0.25) is 9.59 Å². The second kappa shape index (κ2) is 24.2. The number of ether oxygens (including phenoxy) is 4. The molecule has 0 N–H and O–H groups in total. The molecule has 0 radical (unpaired) electrons. The molecular weight excluding hydrogens is 731 g/mol. The molecule has 1 aromatic carbocycles. The summed E-state index contributed by atoms with van der Waals surface area (Å²) in [6.45, 7) is 7.85. The maximum atomic E-state index is 13.4. The second-order valence-corrected chi connectivity index (χ2v) is 18.0. The predicted molar refractivity (Wildman–Crippen MR) is 223 cm³/mol. The first-order valence-electron chi connectivity index (χ1n) is 22.8. The van der Waals surface area contributed by atoms with E-state index in [1.54, 1.807) is 12.1 Å². The van der Waals surface area contributed by atoms with E-state index in [9.17, 15) is 24.4 Å². The van der Waals surface area contributed by atoms with Crippen molar-refractivity contribution in [3.05, 3.63) is 49.1 Å². The van der Waals surface area contributed by atoms with E-state index in [1.807, 2.05) is 0 Å². The molecule has 0 atom stereocenters. The topological polar surface area (TPSA) is 129 Å². The molecule has 5 rings (SSSR count). The number of rotatable bonds is 20. The maximum Gasteiger partial charge on any atom is 0.330 e. The van der Waals surface area contributed by atoms with Crippen LogP contribution in [0.5, 0.6) is 11.5 Å². The molecule has 0 amide bonds. The summed E-state index contributed by atoms with van der Waals surface area (Å²) in [5.74, 6) is 3.05. The summed E-state index contributed by atoms with van der Waals surface area (Å²) in [6, 6.07) is 6.83. The van der Waals surface area contributed by atoms with Gasteiger partial charge in [-0.15, -0.1) is 0 Å². The van der Waals surface area contributed by atoms with Crippen molar-refractivity contribution in [3.63, 3.8) is 0 Å². The van der Waals surface area contributed by atoms with Gasteiger partial charge in [0.25, 0.3) is 0 Å². The zero-order chi connectivity index (χ0) is 41.1. The fourth-order valence-corrected chi connectivity index (χ4v) is 10.3. The molecule has 9 nitrogen and oxygen atoms in total. The third-order valence-corrected chi connectivity index (χ3v) is 14.1. The Morgan fingerprint density at radius 2 is 0.879 bits per heavy atom. The van der Waals surface area contributed by atoms with E-state index in [4.69, 9.17) is 18.9 Å². The third-order valence-electron chi connectivity index (χ3n) is 14.1. The highest BCUT2D eigenvalue weighted by atomic mass is 16.6. The number of nitriles is 1. The van der Waals surface area contributed by atoms with E-state index in [-0.39, 0.29) is 47.2 Å². The summed E-state index contributed by atoms with van der Waals surface area (Å²) >= 11 is 0. The SMILES string of the molecule is C=CC(=O)OCCC[C@H]1CC[C@H](CC[C@H]2CC[C@H](C(=O)Oc3ccc(C#N)cc3OC(=O)[C@H]3CC[C@H](CC[C@H]4CC[C@H](CCCOC(=O)C=C)CC4)CC3)CC2)CC1. The van der Waals surface area contributed by atoms with E-state index in [1.165, 1.54) is 95.3 Å². The molecule has 1 aromatic rings. The lowest BCUT2D eigenvalue weighted by atomic mass is 9.75. The summed E-state index contributed by atoms with van der Waals surface area (Å²) in [5.41, 5.74) is 0.356. The highest BCUT2D eigenvalue weighted by molar-refractivity contribution is 5.81. The Bertz CT molecular complexity index is 1530. The van der Waals surface area contributed by atoms with Gasteiger partial charge in [0.15, 0.2) is 11.5 Å². The zero-order valence-corrected chi connectivity index (χ0v) is 35.0. The quantitative estimate of drug-likeness (QED) is 0.0547. The number of nitrogens with zero attached hydrogens (tertiary/aromatic N) is 1. The standard InChI is InChI=1S/C49H69NO8/c1-3-46(51)55-31-5-7-35-9-13-37(14-10-35)17-19-39-21-26-42(27-22-39)48(53)57-44-30-25-41(34-50)33-45(44)58-49(54)43-28-23-40(24-29-43)20-18-38-15-11-36(12-16-38)8-6-32-56-47(52)4-2/h3-4,25,30,33,35-40,42-43H,1-2,5-24,26-29,31-32H2/t35-,36-,37-,38-,39-,40-,42-,43-. The van der Waals surface area contributed by atoms with Gasteiger partial charge in [-0.25, -0.2) is 9.59 Å². The molecule has 0 heterocycles. The molecule has 0 aromatic heterocycles. The minimum absolute atomic E-state index is 0.160. The highest BCUT2D eigenvalue weighted by Gasteiger charge is 2.32. The minimum Gasteiger partial charge on any atom is -0.463 e. The van der Waals surface area contributed by atoms with Crippen molar-refractivity contribution in [1.29, 1.82) is 5.26 Å². The van der Waals surface area contributed by atoms with Crippen LogP contribution in [0.3, 0.4) is 0 Å². The van der Waals surface area contributed by atoms with Crippen LogP contribution in [0, 0.1) is 58.7 Å². The van der Waals surface area contributed by atoms with Crippen molar-refractivity contribution >= 4 is 23.9 Å². The maximum absolute atomic E-state index is 13.4. The van der Waals surface area contributed by atoms with Crippen LogP contribution in [0.2, 0.25) is 0 Å². The first kappa shape index (κ1) is 45.2. The van der Waals surface area contributed by atoms with Gasteiger partial charge in [-0.05, 0) is 125 Å². The predicted octanol–water partition coefficient (Wildman–Crippen LogP) is 11.2. The normalized spacial score (nSPS) is 27.3. The fraction of sp³-hybridized carbons (Fsp3) is 0.694. The van der Waals surface area contributed by atoms with Crippen LogP contribution in [0.15, 0.2) is 43.5 Å². The molecule has 4 aliphatic carbocycles. The Hall–Kier alpha value is -3.93. The van der Waals surface area contributed by atoms with Crippen molar-refractivity contribution in [3.8, 4) is 17.6 Å². The first-order valence-corrected chi connectivity index (χ1v) is 22.8. The monoisotopic (exact) mass is 800 g/mol.